The first kappa shape index (κ1) is 19.7. The van der Waals surface area contributed by atoms with Crippen molar-refractivity contribution in [3.63, 3.8) is 0 Å². The number of hydrogen-bond acceptors (Lipinski definition) is 5. The lowest BCUT2D eigenvalue weighted by molar-refractivity contribution is -0.125. The van der Waals surface area contributed by atoms with Crippen molar-refractivity contribution in [1.29, 1.82) is 0 Å². The van der Waals surface area contributed by atoms with Crippen LogP contribution in [0.1, 0.15) is 32.1 Å². The zero-order valence-corrected chi connectivity index (χ0v) is 15.8. The maximum atomic E-state index is 12.7. The number of sulfonamides is 1. The fourth-order valence-corrected chi connectivity index (χ4v) is 6.38. The van der Waals surface area contributed by atoms with Gasteiger partial charge >= 0.3 is 0 Å². The monoisotopic (exact) mass is 393 g/mol. The Morgan fingerprint density at radius 2 is 2.12 bits per heavy atom. The highest BCUT2D eigenvalue weighted by Crippen LogP contribution is 2.30. The van der Waals surface area contributed by atoms with E-state index in [1.807, 2.05) is 0 Å². The predicted molar refractivity (Wildman–Crippen MR) is 96.8 cm³/mol. The quantitative estimate of drug-likeness (QED) is 0.794. The number of nitrogens with zero attached hydrogens (tertiary/aromatic N) is 1. The average Bonchev–Trinajstić information content (AvgIpc) is 3.27. The Labute approximate surface area is 153 Å². The molecular weight excluding hydrogens is 370 g/mol. The van der Waals surface area contributed by atoms with E-state index in [0.29, 0.717) is 36.1 Å². The molecule has 0 radical (unpaired) electrons. The number of nitrogens with two attached hydrogens (primary N) is 1. The van der Waals surface area contributed by atoms with Crippen LogP contribution in [0.25, 0.3) is 0 Å². The largest absolute Gasteiger partial charge is 0.352 e. The molecule has 1 amide bonds. The maximum absolute atomic E-state index is 12.7. The van der Waals surface area contributed by atoms with Gasteiger partial charge in [0.25, 0.3) is 10.0 Å². The molecule has 3 rings (SSSR count). The number of carbonyl (C=O) groups excluding carboxylic acids is 1. The number of thiophene rings is 1. The lowest BCUT2D eigenvalue weighted by atomic mass is 10.0. The van der Waals surface area contributed by atoms with Crippen molar-refractivity contribution in [1.82, 2.24) is 9.62 Å². The molecule has 2 fully saturated rings. The summed E-state index contributed by atoms with van der Waals surface area (Å²) in [6, 6.07) is 2.79. The van der Waals surface area contributed by atoms with Crippen LogP contribution in [0.5, 0.6) is 0 Å². The van der Waals surface area contributed by atoms with Gasteiger partial charge in [0.1, 0.15) is 10.3 Å². The summed E-state index contributed by atoms with van der Waals surface area (Å²) < 4.78 is 27.1. The number of halogens is 1. The molecule has 6 nitrogen and oxygen atoms in total. The fourth-order valence-electron chi connectivity index (χ4n) is 3.60. The van der Waals surface area contributed by atoms with Crippen LogP contribution in [0.3, 0.4) is 0 Å². The molecule has 1 aromatic rings. The molecule has 1 aliphatic heterocycles. The molecule has 3 atom stereocenters. The first-order chi connectivity index (χ1) is 11.0. The van der Waals surface area contributed by atoms with Gasteiger partial charge in [-0.1, -0.05) is 12.5 Å². The molecule has 2 heterocycles. The number of rotatable bonds is 5. The van der Waals surface area contributed by atoms with Gasteiger partial charge in [0.2, 0.25) is 5.91 Å². The zero-order chi connectivity index (χ0) is 16.4. The molecule has 2 aliphatic rings. The molecule has 0 spiro atoms. The van der Waals surface area contributed by atoms with E-state index in [4.69, 9.17) is 5.73 Å². The summed E-state index contributed by atoms with van der Waals surface area (Å²) in [6.45, 7) is 0.968. The Kier molecular flexibility index (Phi) is 6.66. The van der Waals surface area contributed by atoms with Gasteiger partial charge in [-0.3, -0.25) is 4.79 Å². The smallest absolute Gasteiger partial charge is 0.253 e. The van der Waals surface area contributed by atoms with Crippen LogP contribution in [0.15, 0.2) is 21.7 Å². The van der Waals surface area contributed by atoms with Crippen molar-refractivity contribution in [2.45, 2.75) is 48.4 Å². The Balaban J connectivity index is 0.00000208. The van der Waals surface area contributed by atoms with Crippen LogP contribution >= 0.6 is 23.7 Å². The van der Waals surface area contributed by atoms with Gasteiger partial charge in [-0.05, 0) is 49.6 Å². The minimum absolute atomic E-state index is 0. The van der Waals surface area contributed by atoms with E-state index in [0.717, 1.165) is 19.3 Å². The molecule has 9 heteroatoms. The van der Waals surface area contributed by atoms with E-state index in [9.17, 15) is 13.2 Å². The number of amides is 1. The Morgan fingerprint density at radius 3 is 2.79 bits per heavy atom. The number of carbonyl (C=O) groups is 1. The third-order valence-electron chi connectivity index (χ3n) is 4.85. The molecule has 1 saturated carbocycles. The Bertz CT molecular complexity index is 651. The Hall–Kier alpha value is -0.670. The van der Waals surface area contributed by atoms with Crippen molar-refractivity contribution in [3.05, 3.63) is 17.5 Å². The highest BCUT2D eigenvalue weighted by atomic mass is 35.5. The lowest BCUT2D eigenvalue weighted by Crippen LogP contribution is -2.50. The van der Waals surface area contributed by atoms with Crippen molar-refractivity contribution in [2.75, 3.05) is 13.1 Å². The summed E-state index contributed by atoms with van der Waals surface area (Å²) >= 11 is 1.19. The second kappa shape index (κ2) is 8.14. The van der Waals surface area contributed by atoms with Crippen LogP contribution in [-0.2, 0) is 14.8 Å². The highest BCUT2D eigenvalue weighted by Gasteiger charge is 2.41. The van der Waals surface area contributed by atoms with E-state index in [-0.39, 0.29) is 24.4 Å². The van der Waals surface area contributed by atoms with Gasteiger partial charge in [0.05, 0.1) is 0 Å². The van der Waals surface area contributed by atoms with E-state index in [1.165, 1.54) is 15.6 Å². The second-order valence-corrected chi connectivity index (χ2v) is 9.31. The molecular formula is C15H24ClN3O3S2. The van der Waals surface area contributed by atoms with Gasteiger partial charge in [0.15, 0.2) is 0 Å². The standard InChI is InChI=1S/C15H23N3O3S2.ClH/c16-10-11-4-1-5-12(11)17-15(19)13-6-2-8-18(13)23(20,21)14-7-3-9-22-14;/h3,7,9,11-13H,1-2,4-6,8,10,16H2,(H,17,19);1H. The van der Waals surface area contributed by atoms with E-state index < -0.39 is 16.1 Å². The maximum Gasteiger partial charge on any atom is 0.253 e. The van der Waals surface area contributed by atoms with E-state index in [1.54, 1.807) is 17.5 Å². The van der Waals surface area contributed by atoms with Crippen molar-refractivity contribution in [3.8, 4) is 0 Å². The highest BCUT2D eigenvalue weighted by molar-refractivity contribution is 7.91. The van der Waals surface area contributed by atoms with E-state index in [2.05, 4.69) is 5.32 Å². The summed E-state index contributed by atoms with van der Waals surface area (Å²) in [4.78, 5) is 12.6. The molecule has 3 N–H and O–H groups in total. The minimum Gasteiger partial charge on any atom is -0.352 e. The first-order valence-electron chi connectivity index (χ1n) is 8.10. The van der Waals surface area contributed by atoms with E-state index >= 15 is 0 Å². The molecule has 24 heavy (non-hydrogen) atoms. The first-order valence-corrected chi connectivity index (χ1v) is 10.4. The van der Waals surface area contributed by atoms with Gasteiger partial charge in [-0.15, -0.1) is 23.7 Å². The van der Waals surface area contributed by atoms with Gasteiger partial charge in [-0.2, -0.15) is 4.31 Å². The van der Waals surface area contributed by atoms with Gasteiger partial charge in [0, 0.05) is 12.6 Å². The molecule has 1 aromatic heterocycles. The summed E-state index contributed by atoms with van der Waals surface area (Å²) in [5.41, 5.74) is 5.76. The van der Waals surface area contributed by atoms with Crippen LogP contribution < -0.4 is 11.1 Å². The summed E-state index contributed by atoms with van der Waals surface area (Å²) in [6.07, 6.45) is 4.32. The molecule has 3 unspecified atom stereocenters. The predicted octanol–water partition coefficient (Wildman–Crippen LogP) is 1.57. The lowest BCUT2D eigenvalue weighted by Gasteiger charge is -2.26. The number of hydrogen-bond donors (Lipinski definition) is 2. The molecule has 0 aromatic carbocycles. The SMILES string of the molecule is Cl.NCC1CCCC1NC(=O)C1CCCN1S(=O)(=O)c1cccs1. The van der Waals surface area contributed by atoms with Gasteiger partial charge < -0.3 is 11.1 Å². The Morgan fingerprint density at radius 1 is 1.33 bits per heavy atom. The zero-order valence-electron chi connectivity index (χ0n) is 13.4. The topological polar surface area (TPSA) is 92.5 Å². The molecule has 1 aliphatic carbocycles. The summed E-state index contributed by atoms with van der Waals surface area (Å²) in [5.74, 6) is 0.135. The third-order valence-corrected chi connectivity index (χ3v) is 8.14. The average molecular weight is 394 g/mol. The molecule has 0 bridgehead atoms. The second-order valence-electron chi connectivity index (χ2n) is 6.25. The molecule has 1 saturated heterocycles. The van der Waals surface area contributed by atoms with Crippen LogP contribution in [0.2, 0.25) is 0 Å². The van der Waals surface area contributed by atoms with Gasteiger partial charge in [-0.25, -0.2) is 8.42 Å². The van der Waals surface area contributed by atoms with Crippen LogP contribution in [0.4, 0.5) is 0 Å². The fraction of sp³-hybridized carbons (Fsp3) is 0.667. The molecule has 136 valence electrons. The van der Waals surface area contributed by atoms with Crippen LogP contribution in [-0.4, -0.2) is 43.8 Å². The normalized spacial score (nSPS) is 27.8. The van der Waals surface area contributed by atoms with Crippen LogP contribution in [0, 0.1) is 5.92 Å². The minimum atomic E-state index is -3.58. The van der Waals surface area contributed by atoms with Crippen molar-refractivity contribution < 1.29 is 13.2 Å². The van der Waals surface area contributed by atoms with Crippen molar-refractivity contribution in [2.24, 2.45) is 11.7 Å². The summed E-state index contributed by atoms with van der Waals surface area (Å²) in [5, 5.41) is 4.79. The van der Waals surface area contributed by atoms with Crippen molar-refractivity contribution >= 4 is 39.7 Å². The summed E-state index contributed by atoms with van der Waals surface area (Å²) in [7, 11) is -3.58. The third kappa shape index (κ3) is 3.77. The number of nitrogens with one attached hydrogen (secondary N) is 1.